The van der Waals surface area contributed by atoms with Crippen LogP contribution < -0.4 is 9.47 Å². The maximum atomic E-state index is 14.9. The second-order valence-corrected chi connectivity index (χ2v) is 9.17. The van der Waals surface area contributed by atoms with Crippen LogP contribution in [0.2, 0.25) is 0 Å². The van der Waals surface area contributed by atoms with Crippen LogP contribution in [0.3, 0.4) is 0 Å². The topological polar surface area (TPSA) is 57.7 Å². The average molecular weight is 490 g/mol. The van der Waals surface area contributed by atoms with Gasteiger partial charge >= 0.3 is 5.97 Å². The van der Waals surface area contributed by atoms with Gasteiger partial charge in [-0.3, -0.25) is 4.79 Å². The lowest BCUT2D eigenvalue weighted by atomic mass is 9.75. The molecule has 1 fully saturated rings. The predicted molar refractivity (Wildman–Crippen MR) is 138 cm³/mol. The van der Waals surface area contributed by atoms with Gasteiger partial charge in [0.25, 0.3) is 0 Å². The number of esters is 1. The second-order valence-electron chi connectivity index (χ2n) is 9.17. The molecule has 1 aliphatic rings. The molecule has 1 saturated carbocycles. The molecule has 0 saturated heterocycles. The monoisotopic (exact) mass is 489 g/mol. The van der Waals surface area contributed by atoms with Gasteiger partial charge in [-0.25, -0.2) is 9.37 Å². The molecule has 0 aliphatic heterocycles. The number of ether oxygens (including phenoxy) is 3. The highest BCUT2D eigenvalue weighted by Gasteiger charge is 2.35. The highest BCUT2D eigenvalue weighted by Crippen LogP contribution is 2.46. The van der Waals surface area contributed by atoms with Crippen LogP contribution in [0.1, 0.15) is 48.8 Å². The minimum absolute atomic E-state index is 0.220. The Labute approximate surface area is 211 Å². The van der Waals surface area contributed by atoms with Crippen LogP contribution in [0.25, 0.3) is 11.1 Å². The highest BCUT2D eigenvalue weighted by molar-refractivity contribution is 5.71. The SMILES string of the molecule is C=CC1(c2cc(COc3cccc(CCC(=O)OC)c3)ccc2-c2cc(OC)ncc2F)CCCC1. The number of halogens is 1. The third kappa shape index (κ3) is 5.59. The zero-order valence-electron chi connectivity index (χ0n) is 20.9. The molecule has 0 atom stereocenters. The first-order chi connectivity index (χ1) is 17.5. The second kappa shape index (κ2) is 11.4. The van der Waals surface area contributed by atoms with Gasteiger partial charge in [-0.15, -0.1) is 6.58 Å². The summed E-state index contributed by atoms with van der Waals surface area (Å²) in [4.78, 5) is 15.5. The van der Waals surface area contributed by atoms with Crippen molar-refractivity contribution >= 4 is 5.97 Å². The van der Waals surface area contributed by atoms with E-state index in [1.54, 1.807) is 6.07 Å². The van der Waals surface area contributed by atoms with Crippen LogP contribution >= 0.6 is 0 Å². The Morgan fingerprint density at radius 3 is 2.61 bits per heavy atom. The van der Waals surface area contributed by atoms with Crippen LogP contribution in [-0.2, 0) is 28.0 Å². The summed E-state index contributed by atoms with van der Waals surface area (Å²) in [6, 6.07) is 15.4. The first kappa shape index (κ1) is 25.4. The summed E-state index contributed by atoms with van der Waals surface area (Å²) in [6.07, 6.45) is 8.29. The van der Waals surface area contributed by atoms with E-state index < -0.39 is 0 Å². The zero-order chi connectivity index (χ0) is 25.5. The molecule has 188 valence electrons. The lowest BCUT2D eigenvalue weighted by Gasteiger charge is -2.29. The van der Waals surface area contributed by atoms with Gasteiger partial charge in [0.15, 0.2) is 0 Å². The highest BCUT2D eigenvalue weighted by atomic mass is 19.1. The maximum Gasteiger partial charge on any atom is 0.305 e. The minimum Gasteiger partial charge on any atom is -0.489 e. The zero-order valence-corrected chi connectivity index (χ0v) is 20.9. The molecule has 0 amide bonds. The van der Waals surface area contributed by atoms with Gasteiger partial charge in [0.1, 0.15) is 18.2 Å². The third-order valence-corrected chi connectivity index (χ3v) is 6.99. The number of pyridine rings is 1. The third-order valence-electron chi connectivity index (χ3n) is 6.99. The van der Waals surface area contributed by atoms with E-state index in [0.29, 0.717) is 30.9 Å². The quantitative estimate of drug-likeness (QED) is 0.238. The molecule has 1 heterocycles. The molecule has 36 heavy (non-hydrogen) atoms. The fraction of sp³-hybridized carbons (Fsp3) is 0.333. The Morgan fingerprint density at radius 1 is 1.08 bits per heavy atom. The Kier molecular flexibility index (Phi) is 8.04. The van der Waals surface area contributed by atoms with Crippen molar-refractivity contribution in [2.75, 3.05) is 14.2 Å². The lowest BCUT2D eigenvalue weighted by Crippen LogP contribution is -2.20. The first-order valence-corrected chi connectivity index (χ1v) is 12.2. The van der Waals surface area contributed by atoms with Gasteiger partial charge in [0.05, 0.1) is 20.4 Å². The Hall–Kier alpha value is -3.67. The number of rotatable bonds is 10. The van der Waals surface area contributed by atoms with Crippen LogP contribution in [0.15, 0.2) is 67.4 Å². The number of hydrogen-bond donors (Lipinski definition) is 0. The summed E-state index contributed by atoms with van der Waals surface area (Å²) in [5.41, 5.74) is 4.12. The minimum atomic E-state index is -0.387. The van der Waals surface area contributed by atoms with E-state index in [9.17, 15) is 9.18 Å². The molecule has 5 nitrogen and oxygen atoms in total. The van der Waals surface area contributed by atoms with E-state index in [2.05, 4.69) is 17.6 Å². The first-order valence-electron chi connectivity index (χ1n) is 12.2. The van der Waals surface area contributed by atoms with E-state index in [4.69, 9.17) is 14.2 Å². The number of methoxy groups -OCH3 is 2. The average Bonchev–Trinajstić information content (AvgIpc) is 3.41. The maximum absolute atomic E-state index is 14.9. The number of aryl methyl sites for hydroxylation is 1. The van der Waals surface area contributed by atoms with Crippen molar-refractivity contribution in [1.82, 2.24) is 4.98 Å². The van der Waals surface area contributed by atoms with Crippen LogP contribution in [0.4, 0.5) is 4.39 Å². The van der Waals surface area contributed by atoms with Crippen LogP contribution in [0, 0.1) is 5.82 Å². The standard InChI is InChI=1S/C30H32FNO4/c1-4-30(14-5-6-15-30)26-17-22(10-12-24(26)25-18-28(34-2)32-19-27(25)31)20-36-23-9-7-8-21(16-23)11-13-29(33)35-3/h4,7-10,12,16-19H,1,5-6,11,13-15,20H2,2-3H3. The number of nitrogens with zero attached hydrogens (tertiary/aromatic N) is 1. The number of carbonyl (C=O) groups excluding carboxylic acids is 1. The van der Waals surface area contributed by atoms with Crippen molar-refractivity contribution in [2.45, 2.75) is 50.5 Å². The van der Waals surface area contributed by atoms with E-state index in [-0.39, 0.29) is 17.2 Å². The number of hydrogen-bond acceptors (Lipinski definition) is 5. The summed E-state index contributed by atoms with van der Waals surface area (Å²) in [6.45, 7) is 4.52. The number of aromatic nitrogens is 1. The number of allylic oxidation sites excluding steroid dienone is 1. The van der Waals surface area contributed by atoms with Crippen molar-refractivity contribution in [1.29, 1.82) is 0 Å². The van der Waals surface area contributed by atoms with Crippen molar-refractivity contribution in [3.8, 4) is 22.8 Å². The Bertz CT molecular complexity index is 1230. The van der Waals surface area contributed by atoms with Crippen LogP contribution in [0.5, 0.6) is 11.6 Å². The van der Waals surface area contributed by atoms with Gasteiger partial charge in [0, 0.05) is 23.5 Å². The molecule has 0 unspecified atom stereocenters. The van der Waals surface area contributed by atoms with Crippen molar-refractivity contribution in [3.05, 3.63) is 89.9 Å². The summed E-state index contributed by atoms with van der Waals surface area (Å²) in [7, 11) is 2.92. The van der Waals surface area contributed by atoms with Crippen molar-refractivity contribution in [2.24, 2.45) is 0 Å². The molecule has 3 aromatic rings. The summed E-state index contributed by atoms with van der Waals surface area (Å²) < 4.78 is 31.0. The number of carbonyl (C=O) groups is 1. The summed E-state index contributed by atoms with van der Waals surface area (Å²) in [5.74, 6) is 0.477. The summed E-state index contributed by atoms with van der Waals surface area (Å²) in [5, 5.41) is 0. The molecular weight excluding hydrogens is 457 g/mol. The smallest absolute Gasteiger partial charge is 0.305 e. The molecular formula is C30H32FNO4. The van der Waals surface area contributed by atoms with E-state index in [1.807, 2.05) is 42.5 Å². The van der Waals surface area contributed by atoms with Gasteiger partial charge in [-0.2, -0.15) is 0 Å². The summed E-state index contributed by atoms with van der Waals surface area (Å²) >= 11 is 0. The van der Waals surface area contributed by atoms with Gasteiger partial charge in [0.2, 0.25) is 5.88 Å². The van der Waals surface area contributed by atoms with E-state index in [1.165, 1.54) is 20.4 Å². The van der Waals surface area contributed by atoms with Gasteiger partial charge in [-0.05, 0) is 53.6 Å². The fourth-order valence-corrected chi connectivity index (χ4v) is 4.96. The normalized spacial score (nSPS) is 14.3. The molecule has 0 spiro atoms. The molecule has 1 aromatic heterocycles. The molecule has 0 radical (unpaired) electrons. The molecule has 6 heteroatoms. The molecule has 0 bridgehead atoms. The lowest BCUT2D eigenvalue weighted by molar-refractivity contribution is -0.140. The fourth-order valence-electron chi connectivity index (χ4n) is 4.96. The Morgan fingerprint density at radius 2 is 1.89 bits per heavy atom. The number of benzene rings is 2. The molecule has 4 rings (SSSR count). The van der Waals surface area contributed by atoms with Gasteiger partial charge in [-0.1, -0.05) is 49.2 Å². The molecule has 0 N–H and O–H groups in total. The Balaban J connectivity index is 1.63. The van der Waals surface area contributed by atoms with E-state index in [0.717, 1.165) is 53.7 Å². The predicted octanol–water partition coefficient (Wildman–Crippen LogP) is 6.58. The van der Waals surface area contributed by atoms with Gasteiger partial charge < -0.3 is 14.2 Å². The van der Waals surface area contributed by atoms with Crippen molar-refractivity contribution in [3.63, 3.8) is 0 Å². The van der Waals surface area contributed by atoms with E-state index >= 15 is 0 Å². The largest absolute Gasteiger partial charge is 0.489 e. The van der Waals surface area contributed by atoms with Crippen molar-refractivity contribution < 1.29 is 23.4 Å². The molecule has 1 aliphatic carbocycles. The van der Waals surface area contributed by atoms with Crippen LogP contribution in [-0.4, -0.2) is 25.2 Å². The molecule has 2 aromatic carbocycles.